The second-order valence-corrected chi connectivity index (χ2v) is 16.8. The van der Waals surface area contributed by atoms with Gasteiger partial charge in [-0.2, -0.15) is 16.8 Å². The van der Waals surface area contributed by atoms with Crippen LogP contribution in [0, 0.1) is 6.92 Å². The zero-order chi connectivity index (χ0) is 38.7. The first kappa shape index (κ1) is 39.5. The Morgan fingerprint density at radius 2 is 1.36 bits per heavy atom. The quantitative estimate of drug-likeness (QED) is 0.121. The molecule has 0 aromatic heterocycles. The Balaban J connectivity index is 1.58. The third kappa shape index (κ3) is 9.46. The van der Waals surface area contributed by atoms with Crippen LogP contribution < -0.4 is 4.90 Å². The largest absolute Gasteiger partial charge is 0.744 e. The number of hydrogen-bond acceptors (Lipinski definition) is 8. The molecular formula is C39H40N2O9S3. The molecule has 0 heterocycles. The van der Waals surface area contributed by atoms with E-state index in [4.69, 9.17) is 0 Å². The normalized spacial score (nSPS) is 15.6. The van der Waals surface area contributed by atoms with Gasteiger partial charge < -0.3 is 9.45 Å². The van der Waals surface area contributed by atoms with E-state index < -0.39 is 30.4 Å². The lowest BCUT2D eigenvalue weighted by atomic mass is 9.85. The van der Waals surface area contributed by atoms with Crippen LogP contribution in [0.15, 0.2) is 135 Å². The third-order valence-corrected chi connectivity index (χ3v) is 11.6. The summed E-state index contributed by atoms with van der Waals surface area (Å²) < 4.78 is 103. The number of aryl methyl sites for hydroxylation is 1. The average molecular weight is 777 g/mol. The third-order valence-electron chi connectivity index (χ3n) is 9.02. The molecule has 1 aliphatic rings. The lowest BCUT2D eigenvalue weighted by molar-refractivity contribution is -0.539. The second-order valence-electron chi connectivity index (χ2n) is 12.6. The van der Waals surface area contributed by atoms with Gasteiger partial charge in [-0.05, 0) is 121 Å². The highest BCUT2D eigenvalue weighted by Crippen LogP contribution is 2.36. The van der Waals surface area contributed by atoms with Gasteiger partial charge in [0.05, 0.1) is 14.7 Å². The van der Waals surface area contributed by atoms with Gasteiger partial charge in [0.2, 0.25) is 0 Å². The molecule has 53 heavy (non-hydrogen) atoms. The van der Waals surface area contributed by atoms with Crippen molar-refractivity contribution < 1.29 is 43.5 Å². The zero-order valence-corrected chi connectivity index (χ0v) is 32.0. The fourth-order valence-corrected chi connectivity index (χ4v) is 7.89. The van der Waals surface area contributed by atoms with Gasteiger partial charge in [-0.1, -0.05) is 42.5 Å². The standard InChI is InChI=1S/C39H40N2O9S3/c1-5-40(25-29-9-7-11-35(23-29)52(45,46)47)32-15-19-37(27(3)21-32)39(31-13-17-34(18-14-31)51(42,43)44)38-20-16-33(22-28(38)4)41(6-2)26-30-10-8-12-36(24-30)53(48,49)50/h7-24H,5-6,25-26H2,1-4H3,(H2-,42,43,44,45,46,47,48,49,50). The summed E-state index contributed by atoms with van der Waals surface area (Å²) in [5.74, 6) is 0. The fraction of sp³-hybridized carbons (Fsp3) is 0.205. The Bertz CT molecular complexity index is 2520. The maximum atomic E-state index is 11.9. The van der Waals surface area contributed by atoms with Crippen LogP contribution in [-0.4, -0.2) is 62.3 Å². The van der Waals surface area contributed by atoms with E-state index in [-0.39, 0.29) is 14.7 Å². The lowest BCUT2D eigenvalue weighted by Crippen LogP contribution is -2.22. The molecule has 0 fully saturated rings. The van der Waals surface area contributed by atoms with Crippen molar-refractivity contribution in [2.75, 3.05) is 18.0 Å². The molecule has 0 spiro atoms. The topological polar surface area (TPSA) is 172 Å². The van der Waals surface area contributed by atoms with Gasteiger partial charge in [0.25, 0.3) is 20.2 Å². The first-order chi connectivity index (χ1) is 24.9. The highest BCUT2D eigenvalue weighted by atomic mass is 32.2. The maximum absolute atomic E-state index is 11.9. The molecular weight excluding hydrogens is 737 g/mol. The van der Waals surface area contributed by atoms with E-state index in [9.17, 15) is 38.9 Å². The Hall–Kier alpha value is -4.70. The van der Waals surface area contributed by atoms with Crippen LogP contribution in [0.1, 0.15) is 48.6 Å². The van der Waals surface area contributed by atoms with Crippen molar-refractivity contribution in [3.63, 3.8) is 0 Å². The van der Waals surface area contributed by atoms with E-state index in [1.165, 1.54) is 36.4 Å². The predicted molar refractivity (Wildman–Crippen MR) is 203 cm³/mol. The van der Waals surface area contributed by atoms with E-state index in [2.05, 4.69) is 9.48 Å². The summed E-state index contributed by atoms with van der Waals surface area (Å²) in [6, 6.07) is 24.1. The fourth-order valence-electron chi connectivity index (χ4n) is 6.32. The number of rotatable bonds is 12. The summed E-state index contributed by atoms with van der Waals surface area (Å²) in [4.78, 5) is 1.36. The van der Waals surface area contributed by atoms with Crippen molar-refractivity contribution in [3.05, 3.63) is 148 Å². The molecule has 4 aromatic carbocycles. The molecule has 0 aliphatic heterocycles. The number of benzene rings is 4. The number of nitrogens with zero attached hydrogens (tertiary/aromatic N) is 2. The van der Waals surface area contributed by atoms with Gasteiger partial charge in [0.15, 0.2) is 12.3 Å². The van der Waals surface area contributed by atoms with Gasteiger partial charge in [-0.15, -0.1) is 0 Å². The van der Waals surface area contributed by atoms with Gasteiger partial charge in [-0.25, -0.2) is 13.0 Å². The van der Waals surface area contributed by atoms with Crippen molar-refractivity contribution >= 4 is 47.3 Å². The smallest absolute Gasteiger partial charge is 0.294 e. The number of anilines is 1. The monoisotopic (exact) mass is 776 g/mol. The SMILES string of the molecule is CCN(Cc1cccc(S(=O)(=O)[O-])c1)c1ccc(C(=C2C=CC(=[N+](CC)Cc3cccc(S(=O)(=O)O)c3)C=C2C)c2ccc(S(=O)(=O)O)cc2)c(C)c1. The van der Waals surface area contributed by atoms with E-state index in [0.717, 1.165) is 39.2 Å². The molecule has 0 atom stereocenters. The van der Waals surface area contributed by atoms with Gasteiger partial charge in [0, 0.05) is 36.5 Å². The summed E-state index contributed by atoms with van der Waals surface area (Å²) in [5, 5.41) is 0. The van der Waals surface area contributed by atoms with E-state index in [0.29, 0.717) is 42.9 Å². The Kier molecular flexibility index (Phi) is 11.7. The summed E-state index contributed by atoms with van der Waals surface area (Å²) in [5.41, 5.74) is 8.21. The van der Waals surface area contributed by atoms with Crippen LogP contribution >= 0.6 is 0 Å². The summed E-state index contributed by atoms with van der Waals surface area (Å²) >= 11 is 0. The molecule has 278 valence electrons. The molecule has 0 unspecified atom stereocenters. The zero-order valence-electron chi connectivity index (χ0n) is 29.6. The lowest BCUT2D eigenvalue weighted by Gasteiger charge is -2.26. The molecule has 0 saturated heterocycles. The van der Waals surface area contributed by atoms with Crippen LogP contribution in [0.2, 0.25) is 0 Å². The molecule has 1 aliphatic carbocycles. The molecule has 11 nitrogen and oxygen atoms in total. The van der Waals surface area contributed by atoms with Crippen LogP contribution in [-0.2, 0) is 43.4 Å². The molecule has 4 aromatic rings. The summed E-state index contributed by atoms with van der Waals surface area (Å²) in [6.45, 7) is 9.84. The van der Waals surface area contributed by atoms with E-state index in [1.807, 2.05) is 64.1 Å². The van der Waals surface area contributed by atoms with Crippen molar-refractivity contribution in [1.29, 1.82) is 0 Å². The molecule has 0 radical (unpaired) electrons. The second kappa shape index (κ2) is 15.7. The van der Waals surface area contributed by atoms with Crippen LogP contribution in [0.5, 0.6) is 0 Å². The molecule has 14 heteroatoms. The van der Waals surface area contributed by atoms with Gasteiger partial charge in [0.1, 0.15) is 16.7 Å². The average Bonchev–Trinajstić information content (AvgIpc) is 3.10. The number of hydrogen-bond donors (Lipinski definition) is 2. The summed E-state index contributed by atoms with van der Waals surface area (Å²) in [7, 11) is -13.4. The first-order valence-electron chi connectivity index (χ1n) is 16.7. The number of allylic oxidation sites excluding steroid dienone is 5. The maximum Gasteiger partial charge on any atom is 0.294 e. The van der Waals surface area contributed by atoms with Crippen LogP contribution in [0.25, 0.3) is 5.57 Å². The Morgan fingerprint density at radius 1 is 0.736 bits per heavy atom. The molecule has 0 bridgehead atoms. The highest BCUT2D eigenvalue weighted by molar-refractivity contribution is 7.86. The van der Waals surface area contributed by atoms with Gasteiger partial charge >= 0.3 is 0 Å². The Morgan fingerprint density at radius 3 is 1.92 bits per heavy atom. The molecule has 2 N–H and O–H groups in total. The van der Waals surface area contributed by atoms with Crippen LogP contribution in [0.3, 0.4) is 0 Å². The van der Waals surface area contributed by atoms with E-state index in [1.54, 1.807) is 36.4 Å². The van der Waals surface area contributed by atoms with Crippen molar-refractivity contribution in [3.8, 4) is 0 Å². The first-order valence-corrected chi connectivity index (χ1v) is 21.0. The molecule has 0 amide bonds. The molecule has 0 saturated carbocycles. The minimum Gasteiger partial charge on any atom is -0.744 e. The predicted octanol–water partition coefficient (Wildman–Crippen LogP) is 6.41. The van der Waals surface area contributed by atoms with E-state index >= 15 is 0 Å². The summed E-state index contributed by atoms with van der Waals surface area (Å²) in [6.07, 6.45) is 5.97. The molecule has 5 rings (SSSR count). The minimum absolute atomic E-state index is 0.177. The highest BCUT2D eigenvalue weighted by Gasteiger charge is 2.22. The van der Waals surface area contributed by atoms with Crippen molar-refractivity contribution in [2.45, 2.75) is 55.5 Å². The minimum atomic E-state index is -4.60. The van der Waals surface area contributed by atoms with Gasteiger partial charge in [-0.3, -0.25) is 9.11 Å². The Labute approximate surface area is 311 Å². The van der Waals surface area contributed by atoms with Crippen molar-refractivity contribution in [1.82, 2.24) is 0 Å². The van der Waals surface area contributed by atoms with Crippen LogP contribution in [0.4, 0.5) is 5.69 Å². The van der Waals surface area contributed by atoms with Crippen molar-refractivity contribution in [2.24, 2.45) is 0 Å².